The number of aromatic nitrogens is 3. The molecule has 0 spiro atoms. The summed E-state index contributed by atoms with van der Waals surface area (Å²) in [5, 5.41) is 1.10. The van der Waals surface area contributed by atoms with Gasteiger partial charge in [0.2, 0.25) is 0 Å². The molecule has 21 heavy (non-hydrogen) atoms. The second-order valence-corrected chi connectivity index (χ2v) is 5.31. The highest BCUT2D eigenvalue weighted by Crippen LogP contribution is 2.25. The Kier molecular flexibility index (Phi) is 4.08. The van der Waals surface area contributed by atoms with Gasteiger partial charge in [-0.15, -0.1) is 11.6 Å². The minimum Gasteiger partial charge on any atom is -0.377 e. The predicted octanol–water partition coefficient (Wildman–Crippen LogP) is 3.75. The Hall–Kier alpha value is -1.65. The number of hydrogen-bond acceptors (Lipinski definition) is 3. The van der Waals surface area contributed by atoms with Gasteiger partial charge in [0.05, 0.1) is 35.8 Å². The summed E-state index contributed by atoms with van der Waals surface area (Å²) in [6.07, 6.45) is 1.93. The van der Waals surface area contributed by atoms with E-state index in [0.29, 0.717) is 12.5 Å². The number of halogens is 1. The molecule has 110 valence electrons. The summed E-state index contributed by atoms with van der Waals surface area (Å²) in [5.41, 5.74) is 2.94. The Labute approximate surface area is 128 Å². The highest BCUT2D eigenvalue weighted by molar-refractivity contribution is 6.17. The van der Waals surface area contributed by atoms with Gasteiger partial charge in [-0.05, 0) is 19.9 Å². The molecule has 1 atom stereocenters. The van der Waals surface area contributed by atoms with Gasteiger partial charge in [0.15, 0.2) is 0 Å². The van der Waals surface area contributed by atoms with Gasteiger partial charge in [-0.3, -0.25) is 4.98 Å². The molecule has 0 saturated heterocycles. The summed E-state index contributed by atoms with van der Waals surface area (Å²) in [6.45, 7) is 5.51. The highest BCUT2D eigenvalue weighted by Gasteiger charge is 2.15. The zero-order valence-corrected chi connectivity index (χ0v) is 13.0. The summed E-state index contributed by atoms with van der Waals surface area (Å²) >= 11 is 6.07. The first-order valence-electron chi connectivity index (χ1n) is 7.15. The summed E-state index contributed by atoms with van der Waals surface area (Å²) < 4.78 is 7.83. The van der Waals surface area contributed by atoms with Crippen LogP contribution in [0.2, 0.25) is 0 Å². The second kappa shape index (κ2) is 6.00. The van der Waals surface area contributed by atoms with E-state index in [1.54, 1.807) is 0 Å². The summed E-state index contributed by atoms with van der Waals surface area (Å²) in [5.74, 6) is 1.23. The average Bonchev–Trinajstić information content (AvgIpc) is 2.85. The Balaban J connectivity index is 2.21. The van der Waals surface area contributed by atoms with Gasteiger partial charge in [0, 0.05) is 12.0 Å². The van der Waals surface area contributed by atoms with E-state index in [0.717, 1.165) is 34.3 Å². The van der Waals surface area contributed by atoms with Crippen LogP contribution in [0.3, 0.4) is 0 Å². The number of alkyl halides is 1. The molecule has 1 unspecified atom stereocenters. The van der Waals surface area contributed by atoms with Crippen LogP contribution < -0.4 is 0 Å². The molecule has 3 rings (SSSR count). The van der Waals surface area contributed by atoms with E-state index in [1.165, 1.54) is 0 Å². The van der Waals surface area contributed by atoms with Gasteiger partial charge in [0.25, 0.3) is 0 Å². The molecule has 4 nitrogen and oxygen atoms in total. The van der Waals surface area contributed by atoms with Gasteiger partial charge < -0.3 is 9.30 Å². The smallest absolute Gasteiger partial charge is 0.125 e. The normalized spacial score (nSPS) is 13.1. The number of pyridine rings is 1. The average molecular weight is 304 g/mol. The number of para-hydroxylation sites is 1. The molecule has 0 aliphatic carbocycles. The van der Waals surface area contributed by atoms with Crippen molar-refractivity contribution in [2.24, 2.45) is 0 Å². The molecule has 5 heteroatoms. The molecule has 0 saturated carbocycles. The van der Waals surface area contributed by atoms with Crippen LogP contribution in [-0.2, 0) is 17.2 Å². The molecule has 0 radical (unpaired) electrons. The lowest BCUT2D eigenvalue weighted by atomic mass is 10.2. The van der Waals surface area contributed by atoms with Crippen molar-refractivity contribution in [1.29, 1.82) is 0 Å². The zero-order valence-electron chi connectivity index (χ0n) is 12.2. The van der Waals surface area contributed by atoms with Crippen LogP contribution >= 0.6 is 11.6 Å². The molecule has 3 aromatic rings. The van der Waals surface area contributed by atoms with Crippen LogP contribution in [0.15, 0.2) is 30.5 Å². The Morgan fingerprint density at radius 1 is 1.29 bits per heavy atom. The van der Waals surface area contributed by atoms with Crippen molar-refractivity contribution in [2.75, 3.05) is 6.61 Å². The fourth-order valence-electron chi connectivity index (χ4n) is 2.70. The molecule has 0 fully saturated rings. The lowest BCUT2D eigenvalue weighted by molar-refractivity contribution is 0.0644. The summed E-state index contributed by atoms with van der Waals surface area (Å²) in [4.78, 5) is 9.07. The van der Waals surface area contributed by atoms with E-state index in [-0.39, 0.29) is 6.10 Å². The predicted molar refractivity (Wildman–Crippen MR) is 85.7 cm³/mol. The van der Waals surface area contributed by atoms with Gasteiger partial charge in [0.1, 0.15) is 11.3 Å². The van der Waals surface area contributed by atoms with E-state index in [1.807, 2.05) is 31.3 Å². The van der Waals surface area contributed by atoms with Crippen molar-refractivity contribution in [3.63, 3.8) is 0 Å². The standard InChI is InChI=1S/C16H18ClN3O/c1-3-21-11(2)10-20-15(8-17)19-14-9-18-13-7-5-4-6-12(13)16(14)20/h4-7,9,11H,3,8,10H2,1-2H3. The number of ether oxygens (including phenoxy) is 1. The Morgan fingerprint density at radius 2 is 2.10 bits per heavy atom. The van der Waals surface area contributed by atoms with Crippen LogP contribution in [0.25, 0.3) is 21.9 Å². The minimum atomic E-state index is 0.112. The van der Waals surface area contributed by atoms with Crippen LogP contribution in [0.1, 0.15) is 19.7 Å². The monoisotopic (exact) mass is 303 g/mol. The van der Waals surface area contributed by atoms with Crippen molar-refractivity contribution in [1.82, 2.24) is 14.5 Å². The van der Waals surface area contributed by atoms with Crippen LogP contribution in [0.4, 0.5) is 0 Å². The summed E-state index contributed by atoms with van der Waals surface area (Å²) in [6, 6.07) is 8.10. The molecule has 0 N–H and O–H groups in total. The van der Waals surface area contributed by atoms with Gasteiger partial charge in [-0.25, -0.2) is 4.98 Å². The van der Waals surface area contributed by atoms with Gasteiger partial charge in [-0.2, -0.15) is 0 Å². The lowest BCUT2D eigenvalue weighted by Crippen LogP contribution is -2.18. The molecule has 0 amide bonds. The van der Waals surface area contributed by atoms with E-state index in [2.05, 4.69) is 27.5 Å². The van der Waals surface area contributed by atoms with Crippen molar-refractivity contribution in [2.45, 2.75) is 32.4 Å². The Morgan fingerprint density at radius 3 is 2.86 bits per heavy atom. The molecule has 0 aliphatic heterocycles. The third-order valence-corrected chi connectivity index (χ3v) is 3.81. The number of nitrogens with zero attached hydrogens (tertiary/aromatic N) is 3. The van der Waals surface area contributed by atoms with E-state index in [4.69, 9.17) is 16.3 Å². The molecular formula is C16H18ClN3O. The minimum absolute atomic E-state index is 0.112. The maximum Gasteiger partial charge on any atom is 0.125 e. The maximum absolute atomic E-state index is 6.07. The fraction of sp³-hybridized carbons (Fsp3) is 0.375. The number of benzene rings is 1. The molecule has 1 aromatic carbocycles. The second-order valence-electron chi connectivity index (χ2n) is 5.05. The van der Waals surface area contributed by atoms with E-state index >= 15 is 0 Å². The molecule has 0 aliphatic rings. The van der Waals surface area contributed by atoms with Crippen LogP contribution in [-0.4, -0.2) is 27.2 Å². The fourth-order valence-corrected chi connectivity index (χ4v) is 2.91. The zero-order chi connectivity index (χ0) is 14.8. The Bertz CT molecular complexity index is 769. The van der Waals surface area contributed by atoms with Gasteiger partial charge >= 0.3 is 0 Å². The van der Waals surface area contributed by atoms with Crippen LogP contribution in [0.5, 0.6) is 0 Å². The largest absolute Gasteiger partial charge is 0.377 e. The molecule has 0 bridgehead atoms. The first kappa shape index (κ1) is 14.3. The third-order valence-electron chi connectivity index (χ3n) is 3.57. The molecule has 2 heterocycles. The SMILES string of the molecule is CCOC(C)Cn1c(CCl)nc2cnc3ccccc3c21. The quantitative estimate of drug-likeness (QED) is 0.674. The topological polar surface area (TPSA) is 39.9 Å². The number of hydrogen-bond donors (Lipinski definition) is 0. The lowest BCUT2D eigenvalue weighted by Gasteiger charge is -2.15. The number of fused-ring (bicyclic) bond motifs is 3. The van der Waals surface area contributed by atoms with E-state index < -0.39 is 0 Å². The first-order chi connectivity index (χ1) is 10.2. The first-order valence-corrected chi connectivity index (χ1v) is 7.68. The molecular weight excluding hydrogens is 286 g/mol. The van der Waals surface area contributed by atoms with Crippen LogP contribution in [0, 0.1) is 0 Å². The van der Waals surface area contributed by atoms with Crippen molar-refractivity contribution < 1.29 is 4.74 Å². The van der Waals surface area contributed by atoms with E-state index in [9.17, 15) is 0 Å². The third kappa shape index (κ3) is 2.61. The van der Waals surface area contributed by atoms with Gasteiger partial charge in [-0.1, -0.05) is 18.2 Å². The molecule has 2 aromatic heterocycles. The number of rotatable bonds is 5. The van der Waals surface area contributed by atoms with Crippen molar-refractivity contribution in [3.8, 4) is 0 Å². The maximum atomic E-state index is 6.07. The summed E-state index contributed by atoms with van der Waals surface area (Å²) in [7, 11) is 0. The van der Waals surface area contributed by atoms with Crippen molar-refractivity contribution >= 4 is 33.5 Å². The van der Waals surface area contributed by atoms with Crippen molar-refractivity contribution in [3.05, 3.63) is 36.3 Å². The highest BCUT2D eigenvalue weighted by atomic mass is 35.5. The number of imidazole rings is 1.